The van der Waals surface area contributed by atoms with Crippen molar-refractivity contribution in [2.75, 3.05) is 0 Å². The molecule has 0 saturated carbocycles. The van der Waals surface area contributed by atoms with Gasteiger partial charge in [0.05, 0.1) is 0 Å². The third kappa shape index (κ3) is 28.9. The minimum Gasteiger partial charge on any atom is -0.481 e. The predicted octanol–water partition coefficient (Wildman–Crippen LogP) is 10.0. The highest BCUT2D eigenvalue weighted by atomic mass is 16.5. The fourth-order valence-electron chi connectivity index (χ4n) is 6.49. The number of hydrogen-bond acceptors (Lipinski definition) is 6. The normalized spacial score (nSPS) is 13.0. The quantitative estimate of drug-likeness (QED) is 0.0362. The molecule has 10 heteroatoms. The molecule has 52 heavy (non-hydrogen) atoms. The first kappa shape index (κ1) is 49.4. The minimum atomic E-state index is -1.41. The van der Waals surface area contributed by atoms with Crippen LogP contribution in [0.15, 0.2) is 0 Å². The van der Waals surface area contributed by atoms with E-state index in [4.69, 9.17) is 9.84 Å². The van der Waals surface area contributed by atoms with Crippen LogP contribution in [0.1, 0.15) is 214 Å². The molecule has 0 aromatic carbocycles. The number of amides is 2. The van der Waals surface area contributed by atoms with Crippen LogP contribution in [0.5, 0.6) is 0 Å². The third-order valence-electron chi connectivity index (χ3n) is 9.88. The maximum absolute atomic E-state index is 13.5. The highest BCUT2D eigenvalue weighted by Gasteiger charge is 2.32. The van der Waals surface area contributed by atoms with Gasteiger partial charge in [0.25, 0.3) is 5.91 Å². The number of ether oxygens (including phenoxy) is 1. The van der Waals surface area contributed by atoms with Gasteiger partial charge < -0.3 is 25.6 Å². The zero-order chi connectivity index (χ0) is 38.8. The first-order chi connectivity index (χ1) is 25.0. The van der Waals surface area contributed by atoms with E-state index in [1.807, 2.05) is 0 Å². The van der Waals surface area contributed by atoms with Crippen molar-refractivity contribution in [1.82, 2.24) is 10.6 Å². The van der Waals surface area contributed by atoms with Gasteiger partial charge in [-0.3, -0.25) is 19.2 Å². The summed E-state index contributed by atoms with van der Waals surface area (Å²) in [6.07, 6.45) is 28.5. The van der Waals surface area contributed by atoms with Gasteiger partial charge in [0.1, 0.15) is 12.1 Å². The summed E-state index contributed by atoms with van der Waals surface area (Å²) in [6, 6.07) is -2.49. The second-order valence-electron chi connectivity index (χ2n) is 15.2. The Balaban J connectivity index is 4.93. The Morgan fingerprint density at radius 2 is 0.904 bits per heavy atom. The lowest BCUT2D eigenvalue weighted by atomic mass is 10.0. The van der Waals surface area contributed by atoms with Crippen LogP contribution in [0.2, 0.25) is 0 Å². The number of rotatable bonds is 37. The summed E-state index contributed by atoms with van der Waals surface area (Å²) in [6.45, 7) is 7.91. The van der Waals surface area contributed by atoms with E-state index in [1.165, 1.54) is 109 Å². The number of carbonyl (C=O) groups excluding carboxylic acids is 3. The Morgan fingerprint density at radius 1 is 0.500 bits per heavy atom. The van der Waals surface area contributed by atoms with Gasteiger partial charge in [0, 0.05) is 12.8 Å². The van der Waals surface area contributed by atoms with Crippen molar-refractivity contribution in [3.63, 3.8) is 0 Å². The van der Waals surface area contributed by atoms with Crippen molar-refractivity contribution >= 4 is 29.7 Å². The van der Waals surface area contributed by atoms with E-state index in [0.29, 0.717) is 19.3 Å². The number of aliphatic carboxylic acids is 2. The maximum atomic E-state index is 13.5. The van der Waals surface area contributed by atoms with Crippen molar-refractivity contribution in [3.05, 3.63) is 0 Å². The maximum Gasteiger partial charge on any atom is 0.326 e. The van der Waals surface area contributed by atoms with Gasteiger partial charge in [-0.1, -0.05) is 175 Å². The molecule has 0 heterocycles. The molecular weight excluding hydrogens is 660 g/mol. The largest absolute Gasteiger partial charge is 0.481 e. The van der Waals surface area contributed by atoms with E-state index in [2.05, 4.69) is 24.5 Å². The molecule has 0 bridgehead atoms. The predicted molar refractivity (Wildman–Crippen MR) is 209 cm³/mol. The molecule has 4 N–H and O–H groups in total. The molecule has 0 aliphatic carbocycles. The lowest BCUT2D eigenvalue weighted by molar-refractivity contribution is -0.157. The van der Waals surface area contributed by atoms with E-state index in [0.717, 1.165) is 38.5 Å². The van der Waals surface area contributed by atoms with E-state index in [1.54, 1.807) is 13.8 Å². The van der Waals surface area contributed by atoms with Crippen molar-refractivity contribution < 1.29 is 38.9 Å². The molecule has 0 aromatic heterocycles. The molecule has 0 aromatic rings. The molecule has 0 fully saturated rings. The summed E-state index contributed by atoms with van der Waals surface area (Å²) in [5, 5.41) is 23.5. The Labute approximate surface area is 316 Å². The topological polar surface area (TPSA) is 159 Å². The smallest absolute Gasteiger partial charge is 0.326 e. The monoisotopic (exact) mass is 739 g/mol. The van der Waals surface area contributed by atoms with Crippen molar-refractivity contribution in [3.8, 4) is 0 Å². The number of carboxylic acids is 2. The molecule has 1 unspecified atom stereocenters. The van der Waals surface area contributed by atoms with E-state index >= 15 is 0 Å². The van der Waals surface area contributed by atoms with E-state index in [9.17, 15) is 29.1 Å². The molecule has 10 nitrogen and oxygen atoms in total. The fraction of sp³-hybridized carbons (Fsp3) is 0.881. The first-order valence-electron chi connectivity index (χ1n) is 21.3. The average molecular weight is 739 g/mol. The summed E-state index contributed by atoms with van der Waals surface area (Å²) in [4.78, 5) is 62.1. The van der Waals surface area contributed by atoms with Crippen molar-refractivity contribution in [2.45, 2.75) is 232 Å². The van der Waals surface area contributed by atoms with Crippen LogP contribution in [-0.2, 0) is 28.7 Å². The molecule has 2 amide bonds. The van der Waals surface area contributed by atoms with Crippen molar-refractivity contribution in [1.29, 1.82) is 0 Å². The average Bonchev–Trinajstić information content (AvgIpc) is 3.10. The van der Waals surface area contributed by atoms with Crippen LogP contribution in [0, 0.1) is 5.92 Å². The molecule has 0 spiro atoms. The summed E-state index contributed by atoms with van der Waals surface area (Å²) in [5.41, 5.74) is 0. The lowest BCUT2D eigenvalue weighted by Gasteiger charge is -2.26. The molecular formula is C42H78N2O8. The van der Waals surface area contributed by atoms with Gasteiger partial charge in [0.15, 0.2) is 6.10 Å². The van der Waals surface area contributed by atoms with Gasteiger partial charge in [0.2, 0.25) is 5.91 Å². The minimum absolute atomic E-state index is 0.234. The van der Waals surface area contributed by atoms with Crippen LogP contribution in [0.3, 0.4) is 0 Å². The van der Waals surface area contributed by atoms with Crippen LogP contribution in [0.4, 0.5) is 0 Å². The highest BCUT2D eigenvalue weighted by Crippen LogP contribution is 2.17. The van der Waals surface area contributed by atoms with Crippen LogP contribution < -0.4 is 10.6 Å². The SMILES string of the molecule is CCCCCCCCCCCCCCCC(=O)OC(CCCCCCCCCCCCCC)C(=O)N[C@H](C(=O)N[C@@H](CCC(=O)O)C(=O)O)C(C)C. The number of hydrogen-bond donors (Lipinski definition) is 4. The van der Waals surface area contributed by atoms with E-state index in [-0.39, 0.29) is 12.8 Å². The zero-order valence-electron chi connectivity index (χ0n) is 33.7. The molecule has 3 atom stereocenters. The summed E-state index contributed by atoms with van der Waals surface area (Å²) < 4.78 is 5.72. The number of carbonyl (C=O) groups is 5. The number of carboxylic acid groups (broad SMARTS) is 2. The second kappa shape index (κ2) is 34.1. The summed E-state index contributed by atoms with van der Waals surface area (Å²) >= 11 is 0. The zero-order valence-corrected chi connectivity index (χ0v) is 33.7. The summed E-state index contributed by atoms with van der Waals surface area (Å²) in [7, 11) is 0. The second-order valence-corrected chi connectivity index (χ2v) is 15.2. The van der Waals surface area contributed by atoms with Crippen LogP contribution in [-0.4, -0.2) is 58.1 Å². The lowest BCUT2D eigenvalue weighted by Crippen LogP contribution is -2.55. The standard InChI is InChI=1S/C42H78N2O8/c1-5-7-9-11-13-15-17-19-21-23-25-27-29-31-38(47)52-36(30-28-26-24-22-20-18-16-14-12-10-8-6-2)40(48)44-39(34(3)4)41(49)43-35(42(50)51)32-33-37(45)46/h34-36,39H,5-33H2,1-4H3,(H,43,49)(H,44,48)(H,45,46)(H,50,51)/t35-,36?,39-/m0/s1. The van der Waals surface area contributed by atoms with Gasteiger partial charge in [-0.2, -0.15) is 0 Å². The van der Waals surface area contributed by atoms with Gasteiger partial charge in [-0.15, -0.1) is 0 Å². The molecule has 0 radical (unpaired) electrons. The molecule has 0 aliphatic heterocycles. The van der Waals surface area contributed by atoms with Crippen LogP contribution >= 0.6 is 0 Å². The Morgan fingerprint density at radius 3 is 1.29 bits per heavy atom. The van der Waals surface area contributed by atoms with Crippen molar-refractivity contribution in [2.24, 2.45) is 5.92 Å². The molecule has 0 aliphatic rings. The number of nitrogens with one attached hydrogen (secondary N) is 2. The highest BCUT2D eigenvalue weighted by molar-refractivity contribution is 5.92. The summed E-state index contributed by atoms with van der Waals surface area (Å²) in [5.74, 6) is -4.64. The van der Waals surface area contributed by atoms with Gasteiger partial charge >= 0.3 is 17.9 Å². The first-order valence-corrected chi connectivity index (χ1v) is 21.3. The Kier molecular flexibility index (Phi) is 32.4. The Bertz CT molecular complexity index is 941. The number of esters is 1. The van der Waals surface area contributed by atoms with Gasteiger partial charge in [-0.05, 0) is 31.6 Å². The van der Waals surface area contributed by atoms with Gasteiger partial charge in [-0.25, -0.2) is 4.79 Å². The molecule has 0 saturated heterocycles. The number of unbranched alkanes of at least 4 members (excludes halogenated alkanes) is 23. The third-order valence-corrected chi connectivity index (χ3v) is 9.88. The van der Waals surface area contributed by atoms with Crippen LogP contribution in [0.25, 0.3) is 0 Å². The fourth-order valence-corrected chi connectivity index (χ4v) is 6.49. The molecule has 0 rings (SSSR count). The molecule has 304 valence electrons. The van der Waals surface area contributed by atoms with E-state index < -0.39 is 60.2 Å². The Hall–Kier alpha value is -2.65.